The minimum absolute atomic E-state index is 0.588. The molecule has 0 unspecified atom stereocenters. The maximum Gasteiger partial charge on any atom is 0.254 e. The third kappa shape index (κ3) is 1.95. The Morgan fingerprint density at radius 3 is 2.94 bits per heavy atom. The minimum atomic E-state index is 0.588. The third-order valence-corrected chi connectivity index (χ3v) is 3.21. The number of nitrogens with one attached hydrogen (secondary N) is 1. The van der Waals surface area contributed by atoms with Gasteiger partial charge < -0.3 is 5.32 Å². The van der Waals surface area contributed by atoms with Crippen molar-refractivity contribution in [2.45, 2.75) is 6.92 Å². The Morgan fingerprint density at radius 2 is 2.11 bits per heavy atom. The van der Waals surface area contributed by atoms with Crippen LogP contribution in [0.2, 0.25) is 0 Å². The number of rotatable bonds is 2. The molecule has 0 aliphatic rings. The van der Waals surface area contributed by atoms with Crippen molar-refractivity contribution in [1.82, 2.24) is 19.6 Å². The van der Waals surface area contributed by atoms with Crippen LogP contribution in [0.3, 0.4) is 0 Å². The lowest BCUT2D eigenvalue weighted by molar-refractivity contribution is 0.937. The van der Waals surface area contributed by atoms with Crippen LogP contribution >= 0.6 is 15.9 Å². The van der Waals surface area contributed by atoms with Gasteiger partial charge in [-0.2, -0.15) is 14.6 Å². The number of hydrogen-bond donors (Lipinski definition) is 1. The van der Waals surface area contributed by atoms with Crippen molar-refractivity contribution in [3.05, 3.63) is 46.8 Å². The summed E-state index contributed by atoms with van der Waals surface area (Å²) >= 11 is 3.50. The number of anilines is 2. The summed E-state index contributed by atoms with van der Waals surface area (Å²) < 4.78 is 2.67. The minimum Gasteiger partial charge on any atom is -0.339 e. The lowest BCUT2D eigenvalue weighted by Crippen LogP contribution is -2.02. The topological polar surface area (TPSA) is 55.1 Å². The zero-order chi connectivity index (χ0) is 12.5. The molecule has 0 saturated carbocycles. The Hall–Kier alpha value is -1.95. The molecule has 0 amide bonds. The van der Waals surface area contributed by atoms with Crippen LogP contribution in [0.4, 0.5) is 11.5 Å². The summed E-state index contributed by atoms with van der Waals surface area (Å²) in [5, 5.41) is 7.47. The number of benzene rings is 1. The summed E-state index contributed by atoms with van der Waals surface area (Å²) in [6.45, 7) is 1.93. The highest BCUT2D eigenvalue weighted by atomic mass is 79.9. The van der Waals surface area contributed by atoms with E-state index in [0.717, 1.165) is 21.7 Å². The van der Waals surface area contributed by atoms with Gasteiger partial charge in [0.2, 0.25) is 0 Å². The lowest BCUT2D eigenvalue weighted by atomic mass is 10.3. The Bertz CT molecular complexity index is 707. The number of nitrogens with zero attached hydrogens (tertiary/aromatic N) is 4. The molecule has 1 N–H and O–H groups in total. The van der Waals surface area contributed by atoms with E-state index < -0.39 is 0 Å². The average molecular weight is 304 g/mol. The van der Waals surface area contributed by atoms with Crippen molar-refractivity contribution >= 4 is 33.2 Å². The Morgan fingerprint density at radius 1 is 1.28 bits per heavy atom. The smallest absolute Gasteiger partial charge is 0.254 e. The molecule has 0 atom stereocenters. The molecule has 6 heteroatoms. The number of aromatic nitrogens is 4. The third-order valence-electron chi connectivity index (χ3n) is 2.52. The standard InChI is InChI=1S/C12H10BrN5/c1-8-6-11(18-12(16-8)14-7-15-18)17-10-5-3-2-4-9(10)13/h2-7,17H,1H3. The second kappa shape index (κ2) is 4.38. The van der Waals surface area contributed by atoms with Gasteiger partial charge in [-0.3, -0.25) is 0 Å². The summed E-state index contributed by atoms with van der Waals surface area (Å²) in [4.78, 5) is 8.39. The van der Waals surface area contributed by atoms with Crippen molar-refractivity contribution in [2.24, 2.45) is 0 Å². The van der Waals surface area contributed by atoms with Gasteiger partial charge in [-0.15, -0.1) is 0 Å². The van der Waals surface area contributed by atoms with Gasteiger partial charge in [0.1, 0.15) is 12.1 Å². The van der Waals surface area contributed by atoms with E-state index in [0.29, 0.717) is 5.78 Å². The van der Waals surface area contributed by atoms with Gasteiger partial charge in [-0.05, 0) is 35.0 Å². The first-order valence-electron chi connectivity index (χ1n) is 5.43. The van der Waals surface area contributed by atoms with Crippen molar-refractivity contribution in [1.29, 1.82) is 0 Å². The number of aryl methyl sites for hydroxylation is 1. The zero-order valence-electron chi connectivity index (χ0n) is 9.63. The van der Waals surface area contributed by atoms with Gasteiger partial charge in [-0.1, -0.05) is 12.1 Å². The molecule has 0 saturated heterocycles. The van der Waals surface area contributed by atoms with Gasteiger partial charge in [0.15, 0.2) is 0 Å². The van der Waals surface area contributed by atoms with Crippen LogP contribution < -0.4 is 5.32 Å². The predicted octanol–water partition coefficient (Wildman–Crippen LogP) is 2.94. The first kappa shape index (κ1) is 11.2. The Balaban J connectivity index is 2.10. The molecule has 18 heavy (non-hydrogen) atoms. The Labute approximate surface area is 112 Å². The first-order valence-corrected chi connectivity index (χ1v) is 6.22. The first-order chi connectivity index (χ1) is 8.74. The molecule has 3 rings (SSSR count). The number of para-hydroxylation sites is 1. The van der Waals surface area contributed by atoms with E-state index in [2.05, 4.69) is 36.3 Å². The number of halogens is 1. The normalized spacial score (nSPS) is 10.8. The molecule has 3 aromatic rings. The van der Waals surface area contributed by atoms with Crippen LogP contribution in [0.5, 0.6) is 0 Å². The average Bonchev–Trinajstić information content (AvgIpc) is 2.80. The second-order valence-corrected chi connectivity index (χ2v) is 4.71. The molecular weight excluding hydrogens is 294 g/mol. The van der Waals surface area contributed by atoms with Crippen LogP contribution in [0.1, 0.15) is 5.69 Å². The molecule has 0 radical (unpaired) electrons. The molecule has 0 fully saturated rings. The quantitative estimate of drug-likeness (QED) is 0.791. The maximum atomic E-state index is 4.30. The van der Waals surface area contributed by atoms with Crippen LogP contribution in [-0.4, -0.2) is 19.6 Å². The molecule has 0 aliphatic heterocycles. The number of hydrogen-bond acceptors (Lipinski definition) is 4. The zero-order valence-corrected chi connectivity index (χ0v) is 11.2. The highest BCUT2D eigenvalue weighted by molar-refractivity contribution is 9.10. The van der Waals surface area contributed by atoms with E-state index in [9.17, 15) is 0 Å². The van der Waals surface area contributed by atoms with E-state index in [1.165, 1.54) is 6.33 Å². The summed E-state index contributed by atoms with van der Waals surface area (Å²) in [6, 6.07) is 9.84. The maximum absolute atomic E-state index is 4.30. The van der Waals surface area contributed by atoms with Crippen LogP contribution in [0.15, 0.2) is 41.1 Å². The van der Waals surface area contributed by atoms with Crippen molar-refractivity contribution in [3.8, 4) is 0 Å². The van der Waals surface area contributed by atoms with E-state index in [1.54, 1.807) is 4.52 Å². The van der Waals surface area contributed by atoms with Gasteiger partial charge in [0.05, 0.1) is 5.69 Å². The molecular formula is C12H10BrN5. The van der Waals surface area contributed by atoms with Gasteiger partial charge in [0.25, 0.3) is 5.78 Å². The van der Waals surface area contributed by atoms with E-state index in [4.69, 9.17) is 0 Å². The van der Waals surface area contributed by atoms with E-state index in [-0.39, 0.29) is 0 Å². The van der Waals surface area contributed by atoms with Crippen molar-refractivity contribution in [3.63, 3.8) is 0 Å². The lowest BCUT2D eigenvalue weighted by Gasteiger charge is -2.09. The largest absolute Gasteiger partial charge is 0.339 e. The van der Waals surface area contributed by atoms with Crippen LogP contribution in [-0.2, 0) is 0 Å². The fraction of sp³-hybridized carbons (Fsp3) is 0.0833. The van der Waals surface area contributed by atoms with Crippen molar-refractivity contribution < 1.29 is 0 Å². The molecule has 90 valence electrons. The van der Waals surface area contributed by atoms with Crippen LogP contribution in [0, 0.1) is 6.92 Å². The summed E-state index contributed by atoms with van der Waals surface area (Å²) in [6.07, 6.45) is 1.49. The molecule has 2 heterocycles. The van der Waals surface area contributed by atoms with Crippen LogP contribution in [0.25, 0.3) is 5.78 Å². The van der Waals surface area contributed by atoms with E-state index >= 15 is 0 Å². The van der Waals surface area contributed by atoms with Gasteiger partial charge in [0, 0.05) is 16.2 Å². The molecule has 1 aromatic carbocycles. The molecule has 2 aromatic heterocycles. The fourth-order valence-corrected chi connectivity index (χ4v) is 2.10. The van der Waals surface area contributed by atoms with Gasteiger partial charge >= 0.3 is 0 Å². The fourth-order valence-electron chi connectivity index (χ4n) is 1.72. The molecule has 0 spiro atoms. The molecule has 0 aliphatic carbocycles. The highest BCUT2D eigenvalue weighted by Crippen LogP contribution is 2.25. The summed E-state index contributed by atoms with van der Waals surface area (Å²) in [5.41, 5.74) is 1.87. The summed E-state index contributed by atoms with van der Waals surface area (Å²) in [5.74, 6) is 1.42. The second-order valence-electron chi connectivity index (χ2n) is 3.86. The molecule has 5 nitrogen and oxygen atoms in total. The number of fused-ring (bicyclic) bond motifs is 1. The highest BCUT2D eigenvalue weighted by Gasteiger charge is 2.06. The van der Waals surface area contributed by atoms with Crippen molar-refractivity contribution in [2.75, 3.05) is 5.32 Å². The van der Waals surface area contributed by atoms with Gasteiger partial charge in [-0.25, -0.2) is 4.98 Å². The predicted molar refractivity (Wildman–Crippen MR) is 72.9 cm³/mol. The summed E-state index contributed by atoms with van der Waals surface area (Å²) in [7, 11) is 0. The molecule has 0 bridgehead atoms. The van der Waals surface area contributed by atoms with E-state index in [1.807, 2.05) is 37.3 Å². The Kier molecular flexibility index (Phi) is 2.71. The monoisotopic (exact) mass is 303 g/mol. The SMILES string of the molecule is Cc1cc(Nc2ccccc2Br)n2ncnc2n1.